The van der Waals surface area contributed by atoms with Crippen LogP contribution in [0.2, 0.25) is 0 Å². The standard InChI is InChI=1S/C27H24N2O2S/c1-18-16-19(2)25(31-4)17-21(18)12-11-20-8-5-6-10-23(20)29-32-26-14-13-24(30-3)22-9-7-15-28-27(22)26/h5-10,13-17,29H,1-4H3. The number of ether oxygens (including phenoxy) is 2. The third-order valence-electron chi connectivity index (χ3n) is 5.18. The molecule has 0 aliphatic carbocycles. The summed E-state index contributed by atoms with van der Waals surface area (Å²) in [7, 11) is 3.36. The number of hydrogen-bond acceptors (Lipinski definition) is 5. The lowest BCUT2D eigenvalue weighted by Crippen LogP contribution is -1.94. The molecule has 32 heavy (non-hydrogen) atoms. The number of aryl methyl sites for hydroxylation is 2. The lowest BCUT2D eigenvalue weighted by molar-refractivity contribution is 0.411. The molecule has 4 aromatic rings. The minimum absolute atomic E-state index is 0.813. The number of fused-ring (bicyclic) bond motifs is 1. The average Bonchev–Trinajstić information content (AvgIpc) is 2.82. The van der Waals surface area contributed by atoms with Crippen molar-refractivity contribution in [1.82, 2.24) is 4.98 Å². The molecule has 0 amide bonds. The van der Waals surface area contributed by atoms with Crippen LogP contribution in [0, 0.1) is 25.7 Å². The third kappa shape index (κ3) is 4.51. The number of hydrogen-bond donors (Lipinski definition) is 1. The van der Waals surface area contributed by atoms with Crippen LogP contribution in [-0.2, 0) is 0 Å². The van der Waals surface area contributed by atoms with Gasteiger partial charge in [0, 0.05) is 22.7 Å². The zero-order valence-corrected chi connectivity index (χ0v) is 19.3. The third-order valence-corrected chi connectivity index (χ3v) is 6.06. The first-order chi connectivity index (χ1) is 15.6. The SMILES string of the molecule is COc1cc(C#Cc2ccccc2NSc2ccc(OC)c3cccnc23)c(C)cc1C. The van der Waals surface area contributed by atoms with E-state index >= 15 is 0 Å². The van der Waals surface area contributed by atoms with Gasteiger partial charge in [0.25, 0.3) is 0 Å². The van der Waals surface area contributed by atoms with Crippen LogP contribution in [-0.4, -0.2) is 19.2 Å². The van der Waals surface area contributed by atoms with Gasteiger partial charge in [0.2, 0.25) is 0 Å². The summed E-state index contributed by atoms with van der Waals surface area (Å²) in [5, 5.41) is 0.985. The van der Waals surface area contributed by atoms with Gasteiger partial charge in [0.05, 0.1) is 30.3 Å². The van der Waals surface area contributed by atoms with E-state index in [2.05, 4.69) is 34.5 Å². The Hall–Kier alpha value is -3.62. The predicted molar refractivity (Wildman–Crippen MR) is 133 cm³/mol. The monoisotopic (exact) mass is 440 g/mol. The second-order valence-corrected chi connectivity index (χ2v) is 8.15. The topological polar surface area (TPSA) is 43.4 Å². The minimum Gasteiger partial charge on any atom is -0.496 e. The van der Waals surface area contributed by atoms with E-state index in [1.54, 1.807) is 20.4 Å². The van der Waals surface area contributed by atoms with Crippen LogP contribution in [0.15, 0.2) is 71.8 Å². The van der Waals surface area contributed by atoms with Crippen molar-refractivity contribution in [2.45, 2.75) is 18.7 Å². The predicted octanol–water partition coefficient (Wildman–Crippen LogP) is 6.39. The van der Waals surface area contributed by atoms with Gasteiger partial charge < -0.3 is 14.2 Å². The molecule has 4 rings (SSSR count). The van der Waals surface area contributed by atoms with Gasteiger partial charge in [-0.1, -0.05) is 30.0 Å². The molecule has 0 atom stereocenters. The Morgan fingerprint density at radius 2 is 1.59 bits per heavy atom. The Kier molecular flexibility index (Phi) is 6.53. The molecular formula is C27H24N2O2S. The number of nitrogens with one attached hydrogen (secondary N) is 1. The summed E-state index contributed by atoms with van der Waals surface area (Å²) in [5.41, 5.74) is 5.96. The van der Waals surface area contributed by atoms with Crippen molar-refractivity contribution in [3.63, 3.8) is 0 Å². The number of pyridine rings is 1. The number of methoxy groups -OCH3 is 2. The molecule has 1 heterocycles. The molecule has 0 saturated heterocycles. The van der Waals surface area contributed by atoms with Crippen molar-refractivity contribution in [2.24, 2.45) is 0 Å². The highest BCUT2D eigenvalue weighted by Crippen LogP contribution is 2.33. The summed E-state index contributed by atoms with van der Waals surface area (Å²) >= 11 is 1.51. The summed E-state index contributed by atoms with van der Waals surface area (Å²) in [6.45, 7) is 4.11. The summed E-state index contributed by atoms with van der Waals surface area (Å²) in [6, 6.07) is 20.0. The van der Waals surface area contributed by atoms with Crippen LogP contribution in [0.5, 0.6) is 11.5 Å². The van der Waals surface area contributed by atoms with Crippen LogP contribution in [0.1, 0.15) is 22.3 Å². The fourth-order valence-corrected chi connectivity index (χ4v) is 4.29. The number of anilines is 1. The molecule has 0 fully saturated rings. The number of aromatic nitrogens is 1. The molecule has 0 aliphatic heterocycles. The molecule has 3 aromatic carbocycles. The van der Waals surface area contributed by atoms with Gasteiger partial charge in [-0.3, -0.25) is 4.98 Å². The molecule has 160 valence electrons. The highest BCUT2D eigenvalue weighted by Gasteiger charge is 2.09. The second-order valence-electron chi connectivity index (χ2n) is 7.30. The van der Waals surface area contributed by atoms with E-state index in [4.69, 9.17) is 9.47 Å². The van der Waals surface area contributed by atoms with E-state index < -0.39 is 0 Å². The maximum atomic E-state index is 5.47. The maximum absolute atomic E-state index is 5.47. The number of nitrogens with zero attached hydrogens (tertiary/aromatic N) is 1. The van der Waals surface area contributed by atoms with Crippen molar-refractivity contribution in [3.05, 3.63) is 89.1 Å². The summed E-state index contributed by atoms with van der Waals surface area (Å²) in [5.74, 6) is 8.28. The molecule has 0 saturated carbocycles. The lowest BCUT2D eigenvalue weighted by atomic mass is 10.0. The van der Waals surface area contributed by atoms with Crippen molar-refractivity contribution in [3.8, 4) is 23.3 Å². The van der Waals surface area contributed by atoms with Crippen LogP contribution in [0.3, 0.4) is 0 Å². The van der Waals surface area contributed by atoms with Gasteiger partial charge in [-0.05, 0) is 79.4 Å². The molecule has 0 bridgehead atoms. The summed E-state index contributed by atoms with van der Waals surface area (Å²) in [4.78, 5) is 5.57. The van der Waals surface area contributed by atoms with Crippen molar-refractivity contribution >= 4 is 28.5 Å². The molecule has 1 aromatic heterocycles. The van der Waals surface area contributed by atoms with Crippen molar-refractivity contribution in [1.29, 1.82) is 0 Å². The van der Waals surface area contributed by atoms with Gasteiger partial charge in [-0.15, -0.1) is 0 Å². The van der Waals surface area contributed by atoms with Crippen LogP contribution in [0.25, 0.3) is 10.9 Å². The lowest BCUT2D eigenvalue weighted by Gasteiger charge is -2.11. The summed E-state index contributed by atoms with van der Waals surface area (Å²) < 4.78 is 14.4. The Morgan fingerprint density at radius 3 is 2.41 bits per heavy atom. The first kappa shape index (κ1) is 21.6. The molecule has 5 heteroatoms. The van der Waals surface area contributed by atoms with Gasteiger partial charge >= 0.3 is 0 Å². The Morgan fingerprint density at radius 1 is 0.812 bits per heavy atom. The van der Waals surface area contributed by atoms with E-state index in [0.29, 0.717) is 0 Å². The van der Waals surface area contributed by atoms with E-state index in [1.807, 2.05) is 61.5 Å². The molecule has 0 unspecified atom stereocenters. The van der Waals surface area contributed by atoms with Gasteiger partial charge in [-0.25, -0.2) is 0 Å². The normalized spacial score (nSPS) is 10.4. The van der Waals surface area contributed by atoms with Crippen molar-refractivity contribution in [2.75, 3.05) is 18.9 Å². The Labute approximate surface area is 193 Å². The second kappa shape index (κ2) is 9.67. The van der Waals surface area contributed by atoms with Gasteiger partial charge in [0.15, 0.2) is 0 Å². The highest BCUT2D eigenvalue weighted by atomic mass is 32.2. The molecule has 0 aliphatic rings. The molecule has 0 radical (unpaired) electrons. The smallest absolute Gasteiger partial charge is 0.128 e. The molecule has 1 N–H and O–H groups in total. The molecule has 4 nitrogen and oxygen atoms in total. The van der Waals surface area contributed by atoms with E-state index in [-0.39, 0.29) is 0 Å². The number of benzene rings is 3. The number of para-hydroxylation sites is 1. The average molecular weight is 441 g/mol. The molecule has 0 spiro atoms. The zero-order valence-electron chi connectivity index (χ0n) is 18.5. The van der Waals surface area contributed by atoms with Crippen LogP contribution in [0.4, 0.5) is 5.69 Å². The van der Waals surface area contributed by atoms with Gasteiger partial charge in [0.1, 0.15) is 11.5 Å². The minimum atomic E-state index is 0.813. The van der Waals surface area contributed by atoms with Gasteiger partial charge in [-0.2, -0.15) is 0 Å². The Balaban J connectivity index is 1.62. The first-order valence-electron chi connectivity index (χ1n) is 10.2. The number of rotatable bonds is 5. The largest absolute Gasteiger partial charge is 0.496 e. The Bertz CT molecular complexity index is 1340. The first-order valence-corrected chi connectivity index (χ1v) is 11.0. The van der Waals surface area contributed by atoms with Crippen LogP contribution >= 0.6 is 11.9 Å². The molecular weight excluding hydrogens is 416 g/mol. The maximum Gasteiger partial charge on any atom is 0.128 e. The fourth-order valence-electron chi connectivity index (χ4n) is 3.49. The zero-order chi connectivity index (χ0) is 22.5. The van der Waals surface area contributed by atoms with E-state index in [9.17, 15) is 0 Å². The van der Waals surface area contributed by atoms with E-state index in [0.717, 1.165) is 55.2 Å². The van der Waals surface area contributed by atoms with Crippen molar-refractivity contribution < 1.29 is 9.47 Å². The highest BCUT2D eigenvalue weighted by molar-refractivity contribution is 8.00. The summed E-state index contributed by atoms with van der Waals surface area (Å²) in [6.07, 6.45) is 1.80. The fraction of sp³-hybridized carbons (Fsp3) is 0.148. The van der Waals surface area contributed by atoms with Crippen LogP contribution < -0.4 is 14.2 Å². The quantitative estimate of drug-likeness (QED) is 0.288. The van der Waals surface area contributed by atoms with E-state index in [1.165, 1.54) is 11.9 Å².